The first-order valence-electron chi connectivity index (χ1n) is 8.84. The molecule has 1 aliphatic heterocycles. The van der Waals surface area contributed by atoms with Crippen molar-refractivity contribution in [3.05, 3.63) is 59.7 Å². The highest BCUT2D eigenvalue weighted by atomic mass is 32.2. The third kappa shape index (κ3) is 4.56. The van der Waals surface area contributed by atoms with Gasteiger partial charge < -0.3 is 11.1 Å². The van der Waals surface area contributed by atoms with E-state index in [2.05, 4.69) is 0 Å². The number of para-hydroxylation sites is 1. The minimum absolute atomic E-state index is 0.118. The number of benzene rings is 2. The molecule has 0 fully saturated rings. The van der Waals surface area contributed by atoms with Gasteiger partial charge in [0.2, 0.25) is 5.91 Å². The van der Waals surface area contributed by atoms with Gasteiger partial charge in [0.25, 0.3) is 15.9 Å². The van der Waals surface area contributed by atoms with Gasteiger partial charge in [-0.3, -0.25) is 13.9 Å². The van der Waals surface area contributed by atoms with E-state index in [4.69, 9.17) is 5.73 Å². The van der Waals surface area contributed by atoms with Crippen LogP contribution in [0.5, 0.6) is 0 Å². The number of hydrogen-bond acceptors (Lipinski definition) is 4. The van der Waals surface area contributed by atoms with Crippen LogP contribution in [-0.2, 0) is 21.2 Å². The zero-order chi connectivity index (χ0) is 22.1. The number of fused-ring (bicyclic) bond motifs is 1. The Bertz CT molecular complexity index is 1070. The van der Waals surface area contributed by atoms with E-state index in [0.29, 0.717) is 17.7 Å². The maximum absolute atomic E-state index is 13.2. The van der Waals surface area contributed by atoms with Gasteiger partial charge in [-0.1, -0.05) is 18.2 Å². The van der Waals surface area contributed by atoms with Crippen molar-refractivity contribution < 1.29 is 31.2 Å². The lowest BCUT2D eigenvalue weighted by atomic mass is 9.93. The molecule has 0 unspecified atom stereocenters. The topological polar surface area (TPSA) is 110 Å². The third-order valence-electron chi connectivity index (χ3n) is 4.67. The van der Waals surface area contributed by atoms with Crippen molar-refractivity contribution in [3.63, 3.8) is 0 Å². The Balaban J connectivity index is 1.88. The van der Waals surface area contributed by atoms with E-state index in [0.717, 1.165) is 28.6 Å². The van der Waals surface area contributed by atoms with Crippen LogP contribution in [0.3, 0.4) is 0 Å². The molecule has 0 aliphatic carbocycles. The molecule has 11 heteroatoms. The minimum Gasteiger partial charge on any atom is -0.369 e. The van der Waals surface area contributed by atoms with Crippen molar-refractivity contribution in [2.45, 2.75) is 17.5 Å². The first kappa shape index (κ1) is 21.6. The van der Waals surface area contributed by atoms with Crippen LogP contribution in [-0.4, -0.2) is 39.5 Å². The summed E-state index contributed by atoms with van der Waals surface area (Å²) in [6.07, 6.45) is -4.24. The average molecular weight is 441 g/mol. The lowest BCUT2D eigenvalue weighted by Gasteiger charge is -2.34. The summed E-state index contributed by atoms with van der Waals surface area (Å²) in [5, 5.41) is 1.72. The molecule has 0 radical (unpaired) electrons. The number of anilines is 1. The first-order valence-corrected chi connectivity index (χ1v) is 10.3. The second-order valence-electron chi connectivity index (χ2n) is 6.79. The van der Waals surface area contributed by atoms with Gasteiger partial charge in [-0.15, -0.1) is 0 Å². The number of nitrogens with zero attached hydrogens (tertiary/aromatic N) is 1. The lowest BCUT2D eigenvalue weighted by Crippen LogP contribution is -2.44. The summed E-state index contributed by atoms with van der Waals surface area (Å²) in [4.78, 5) is 23.3. The standard InChI is InChI=1S/C19H18F3N3O4S/c20-19(21,22)11-24-18(27)12-5-7-15(8-6-12)30(28,29)25-10-14(17(23)26)9-13-3-1-2-4-16(13)25/h1-8,14H,9-11H2,(H2,23,26)(H,24,27)/t14-/m1/s1. The highest BCUT2D eigenvalue weighted by molar-refractivity contribution is 7.92. The molecular weight excluding hydrogens is 423 g/mol. The molecule has 1 atom stereocenters. The van der Waals surface area contributed by atoms with Crippen LogP contribution in [0.4, 0.5) is 18.9 Å². The van der Waals surface area contributed by atoms with Gasteiger partial charge in [0, 0.05) is 12.1 Å². The Kier molecular flexibility index (Phi) is 5.75. The smallest absolute Gasteiger partial charge is 0.369 e. The molecule has 3 N–H and O–H groups in total. The minimum atomic E-state index is -4.56. The number of nitrogens with two attached hydrogens (primary N) is 1. The Morgan fingerprint density at radius 3 is 2.33 bits per heavy atom. The van der Waals surface area contributed by atoms with Gasteiger partial charge >= 0.3 is 6.18 Å². The van der Waals surface area contributed by atoms with Crippen molar-refractivity contribution in [3.8, 4) is 0 Å². The zero-order valence-electron chi connectivity index (χ0n) is 15.5. The molecule has 3 rings (SSSR count). The summed E-state index contributed by atoms with van der Waals surface area (Å²) < 4.78 is 64.2. The summed E-state index contributed by atoms with van der Waals surface area (Å²) in [6, 6.07) is 11.2. The van der Waals surface area contributed by atoms with Crippen LogP contribution >= 0.6 is 0 Å². The SMILES string of the molecule is NC(=O)[C@@H]1Cc2ccccc2N(S(=O)(=O)c2ccc(C(=O)NCC(F)(F)F)cc2)C1. The Hall–Kier alpha value is -3.08. The molecular formula is C19H18F3N3O4S. The van der Waals surface area contributed by atoms with E-state index in [-0.39, 0.29) is 17.0 Å². The van der Waals surface area contributed by atoms with Crippen molar-refractivity contribution in [1.82, 2.24) is 5.32 Å². The van der Waals surface area contributed by atoms with Crippen LogP contribution in [0, 0.1) is 5.92 Å². The molecule has 1 aliphatic rings. The van der Waals surface area contributed by atoms with Crippen molar-refractivity contribution in [2.75, 3.05) is 17.4 Å². The molecule has 0 aromatic heterocycles. The number of sulfonamides is 1. The Morgan fingerprint density at radius 1 is 1.10 bits per heavy atom. The normalized spacial score (nSPS) is 16.6. The van der Waals surface area contributed by atoms with Crippen LogP contribution in [0.2, 0.25) is 0 Å². The van der Waals surface area contributed by atoms with Gasteiger partial charge in [-0.25, -0.2) is 8.42 Å². The molecule has 0 bridgehead atoms. The predicted octanol–water partition coefficient (Wildman–Crippen LogP) is 1.83. The fourth-order valence-corrected chi connectivity index (χ4v) is 4.71. The van der Waals surface area contributed by atoms with Gasteiger partial charge in [-0.05, 0) is 42.3 Å². The van der Waals surface area contributed by atoms with Gasteiger partial charge in [-0.2, -0.15) is 13.2 Å². The molecule has 0 saturated heterocycles. The van der Waals surface area contributed by atoms with Gasteiger partial charge in [0.15, 0.2) is 0 Å². The van der Waals surface area contributed by atoms with E-state index in [1.807, 2.05) is 0 Å². The van der Waals surface area contributed by atoms with Crippen LogP contribution in [0.25, 0.3) is 0 Å². The molecule has 0 spiro atoms. The van der Waals surface area contributed by atoms with E-state index < -0.39 is 40.5 Å². The van der Waals surface area contributed by atoms with E-state index in [1.54, 1.807) is 29.6 Å². The van der Waals surface area contributed by atoms with Gasteiger partial charge in [0.1, 0.15) is 6.54 Å². The molecule has 0 saturated carbocycles. The van der Waals surface area contributed by atoms with Crippen LogP contribution in [0.15, 0.2) is 53.4 Å². The monoisotopic (exact) mass is 441 g/mol. The van der Waals surface area contributed by atoms with E-state index in [9.17, 15) is 31.2 Å². The molecule has 30 heavy (non-hydrogen) atoms. The fraction of sp³-hybridized carbons (Fsp3) is 0.263. The molecule has 7 nitrogen and oxygen atoms in total. The van der Waals surface area contributed by atoms with Crippen molar-refractivity contribution in [1.29, 1.82) is 0 Å². The molecule has 2 aromatic rings. The highest BCUT2D eigenvalue weighted by Crippen LogP contribution is 2.34. The highest BCUT2D eigenvalue weighted by Gasteiger charge is 2.35. The maximum Gasteiger partial charge on any atom is 0.405 e. The molecule has 2 aromatic carbocycles. The van der Waals surface area contributed by atoms with E-state index in [1.165, 1.54) is 0 Å². The lowest BCUT2D eigenvalue weighted by molar-refractivity contribution is -0.123. The Morgan fingerprint density at radius 2 is 1.73 bits per heavy atom. The molecule has 1 heterocycles. The number of carbonyl (C=O) groups is 2. The fourth-order valence-electron chi connectivity index (χ4n) is 3.16. The number of nitrogens with one attached hydrogen (secondary N) is 1. The first-order chi connectivity index (χ1) is 14.0. The summed E-state index contributed by atoms with van der Waals surface area (Å²) in [6.45, 7) is -1.63. The number of halogens is 3. The van der Waals surface area contributed by atoms with Crippen LogP contribution in [0.1, 0.15) is 15.9 Å². The van der Waals surface area contributed by atoms with Crippen molar-refractivity contribution >= 4 is 27.5 Å². The predicted molar refractivity (Wildman–Crippen MR) is 102 cm³/mol. The number of hydrogen-bond donors (Lipinski definition) is 2. The average Bonchev–Trinajstić information content (AvgIpc) is 2.70. The van der Waals surface area contributed by atoms with Crippen molar-refractivity contribution in [2.24, 2.45) is 11.7 Å². The number of rotatable bonds is 5. The number of primary amides is 1. The Labute approximate surface area is 170 Å². The summed E-state index contributed by atoms with van der Waals surface area (Å²) >= 11 is 0. The number of amides is 2. The summed E-state index contributed by atoms with van der Waals surface area (Å²) in [7, 11) is -4.11. The summed E-state index contributed by atoms with van der Waals surface area (Å²) in [5.41, 5.74) is 6.35. The quantitative estimate of drug-likeness (QED) is 0.738. The molecule has 2 amide bonds. The third-order valence-corrected chi connectivity index (χ3v) is 6.46. The second-order valence-corrected chi connectivity index (χ2v) is 8.65. The number of alkyl halides is 3. The molecule has 160 valence electrons. The second kappa shape index (κ2) is 7.98. The zero-order valence-corrected chi connectivity index (χ0v) is 16.3. The largest absolute Gasteiger partial charge is 0.405 e. The summed E-state index contributed by atoms with van der Waals surface area (Å²) in [5.74, 6) is -2.31. The van der Waals surface area contributed by atoms with Gasteiger partial charge in [0.05, 0.1) is 16.5 Å². The maximum atomic E-state index is 13.2. The van der Waals surface area contributed by atoms with E-state index >= 15 is 0 Å². The van der Waals surface area contributed by atoms with Crippen LogP contribution < -0.4 is 15.4 Å². The number of carbonyl (C=O) groups excluding carboxylic acids is 2.